The lowest BCUT2D eigenvalue weighted by Gasteiger charge is -2.38. The quantitative estimate of drug-likeness (QED) is 0.896. The van der Waals surface area contributed by atoms with E-state index in [0.717, 1.165) is 37.6 Å². The first-order chi connectivity index (χ1) is 8.20. The molecule has 1 aliphatic heterocycles. The van der Waals surface area contributed by atoms with Crippen molar-refractivity contribution in [3.05, 3.63) is 29.3 Å². The smallest absolute Gasteiger partial charge is 0.107 e. The Hall–Kier alpha value is -0.770. The molecule has 1 saturated heterocycles. The van der Waals surface area contributed by atoms with E-state index in [1.54, 1.807) is 0 Å². The molecule has 1 N–H and O–H groups in total. The molecule has 1 fully saturated rings. The van der Waals surface area contributed by atoms with Crippen LogP contribution in [0.25, 0.3) is 0 Å². The van der Waals surface area contributed by atoms with Crippen LogP contribution in [-0.2, 0) is 0 Å². The Kier molecular flexibility index (Phi) is 4.26. The molecular formula is C13H19ClN2O. The van der Waals surface area contributed by atoms with E-state index in [4.69, 9.17) is 11.6 Å². The van der Waals surface area contributed by atoms with Crippen LogP contribution in [0.15, 0.2) is 24.3 Å². The molecule has 1 unspecified atom stereocenters. The third-order valence-electron chi connectivity index (χ3n) is 3.27. The van der Waals surface area contributed by atoms with E-state index >= 15 is 0 Å². The number of nitrogens with zero attached hydrogens (tertiary/aromatic N) is 2. The maximum atomic E-state index is 9.77. The summed E-state index contributed by atoms with van der Waals surface area (Å²) in [7, 11) is 0. The number of benzene rings is 1. The van der Waals surface area contributed by atoms with Crippen LogP contribution in [0.2, 0.25) is 5.02 Å². The van der Waals surface area contributed by atoms with Crippen molar-refractivity contribution in [1.82, 2.24) is 4.90 Å². The zero-order chi connectivity index (χ0) is 12.3. The summed E-state index contributed by atoms with van der Waals surface area (Å²) in [5, 5.41) is 10.5. The molecule has 1 heterocycles. The van der Waals surface area contributed by atoms with Gasteiger partial charge < -0.3 is 10.0 Å². The van der Waals surface area contributed by atoms with Crippen LogP contribution in [0.1, 0.15) is 13.3 Å². The van der Waals surface area contributed by atoms with Gasteiger partial charge >= 0.3 is 0 Å². The summed E-state index contributed by atoms with van der Waals surface area (Å²) < 4.78 is 0. The molecular weight excluding hydrogens is 236 g/mol. The van der Waals surface area contributed by atoms with Crippen LogP contribution in [0.4, 0.5) is 5.69 Å². The zero-order valence-corrected chi connectivity index (χ0v) is 10.9. The monoisotopic (exact) mass is 254 g/mol. The Labute approximate surface area is 108 Å². The third-order valence-corrected chi connectivity index (χ3v) is 3.51. The average molecular weight is 255 g/mol. The molecule has 0 saturated carbocycles. The molecule has 4 heteroatoms. The predicted octanol–water partition coefficient (Wildman–Crippen LogP) is 2.19. The van der Waals surface area contributed by atoms with Crippen molar-refractivity contribution in [2.24, 2.45) is 0 Å². The molecule has 0 spiro atoms. The second-order valence-corrected chi connectivity index (χ2v) is 4.83. The second-order valence-electron chi connectivity index (χ2n) is 4.39. The number of aliphatic hydroxyl groups is 1. The van der Waals surface area contributed by atoms with E-state index in [9.17, 15) is 5.11 Å². The van der Waals surface area contributed by atoms with Crippen molar-refractivity contribution in [2.45, 2.75) is 19.6 Å². The lowest BCUT2D eigenvalue weighted by molar-refractivity contribution is -0.00191. The van der Waals surface area contributed by atoms with Gasteiger partial charge in [0.1, 0.15) is 6.23 Å². The maximum Gasteiger partial charge on any atom is 0.107 e. The average Bonchev–Trinajstić information content (AvgIpc) is 2.38. The van der Waals surface area contributed by atoms with E-state index in [-0.39, 0.29) is 6.23 Å². The second kappa shape index (κ2) is 5.71. The van der Waals surface area contributed by atoms with Gasteiger partial charge in [0, 0.05) is 36.9 Å². The molecule has 0 bridgehead atoms. The number of piperazine rings is 1. The number of aliphatic hydroxyl groups excluding tert-OH is 1. The molecule has 1 aliphatic rings. The lowest BCUT2D eigenvalue weighted by Crippen LogP contribution is -2.50. The van der Waals surface area contributed by atoms with E-state index in [0.29, 0.717) is 0 Å². The first-order valence-electron chi connectivity index (χ1n) is 6.13. The number of halogens is 1. The van der Waals surface area contributed by atoms with Crippen molar-refractivity contribution >= 4 is 17.3 Å². The van der Waals surface area contributed by atoms with Crippen LogP contribution >= 0.6 is 11.6 Å². The molecule has 2 rings (SSSR count). The summed E-state index contributed by atoms with van der Waals surface area (Å²) in [5.41, 5.74) is 1.17. The summed E-state index contributed by atoms with van der Waals surface area (Å²) in [6.45, 7) is 5.70. The van der Waals surface area contributed by atoms with Gasteiger partial charge in [-0.1, -0.05) is 24.6 Å². The van der Waals surface area contributed by atoms with Crippen LogP contribution < -0.4 is 4.90 Å². The minimum Gasteiger partial charge on any atom is -0.378 e. The standard InChI is InChI=1S/C13H19ClN2O/c1-2-13(17)16-8-6-15(7-9-16)12-5-3-4-11(14)10-12/h3-5,10,13,17H,2,6-9H2,1H3. The maximum absolute atomic E-state index is 9.77. The fraction of sp³-hybridized carbons (Fsp3) is 0.538. The fourth-order valence-corrected chi connectivity index (χ4v) is 2.39. The van der Waals surface area contributed by atoms with Crippen LogP contribution in [0, 0.1) is 0 Å². The molecule has 1 atom stereocenters. The SMILES string of the molecule is CCC(O)N1CCN(c2cccc(Cl)c2)CC1. The van der Waals surface area contributed by atoms with Gasteiger partial charge in [-0.25, -0.2) is 0 Å². The summed E-state index contributed by atoms with van der Waals surface area (Å²) >= 11 is 5.99. The third kappa shape index (κ3) is 3.12. The molecule has 1 aromatic rings. The van der Waals surface area contributed by atoms with Crippen molar-refractivity contribution in [1.29, 1.82) is 0 Å². The van der Waals surface area contributed by atoms with E-state index in [1.807, 2.05) is 25.1 Å². The van der Waals surface area contributed by atoms with Gasteiger partial charge in [0.2, 0.25) is 0 Å². The van der Waals surface area contributed by atoms with Gasteiger partial charge in [-0.3, -0.25) is 4.90 Å². The molecule has 0 radical (unpaired) electrons. The van der Waals surface area contributed by atoms with Gasteiger partial charge in [0.05, 0.1) is 0 Å². The van der Waals surface area contributed by atoms with Gasteiger partial charge in [-0.05, 0) is 24.6 Å². The largest absolute Gasteiger partial charge is 0.378 e. The predicted molar refractivity (Wildman–Crippen MR) is 71.5 cm³/mol. The van der Waals surface area contributed by atoms with E-state index < -0.39 is 0 Å². The zero-order valence-electron chi connectivity index (χ0n) is 10.1. The summed E-state index contributed by atoms with van der Waals surface area (Å²) in [4.78, 5) is 4.44. The Bertz CT molecular complexity index is 364. The summed E-state index contributed by atoms with van der Waals surface area (Å²) in [5.74, 6) is 0. The van der Waals surface area contributed by atoms with Crippen molar-refractivity contribution in [3.8, 4) is 0 Å². The van der Waals surface area contributed by atoms with Gasteiger partial charge in [0.15, 0.2) is 0 Å². The van der Waals surface area contributed by atoms with Gasteiger partial charge in [-0.2, -0.15) is 0 Å². The Morgan fingerprint density at radius 1 is 1.29 bits per heavy atom. The van der Waals surface area contributed by atoms with Gasteiger partial charge in [0.25, 0.3) is 0 Å². The first-order valence-corrected chi connectivity index (χ1v) is 6.51. The highest BCUT2D eigenvalue weighted by atomic mass is 35.5. The summed E-state index contributed by atoms with van der Waals surface area (Å²) in [6, 6.07) is 7.94. The highest BCUT2D eigenvalue weighted by Crippen LogP contribution is 2.21. The fourth-order valence-electron chi connectivity index (χ4n) is 2.21. The van der Waals surface area contributed by atoms with Crippen molar-refractivity contribution in [2.75, 3.05) is 31.1 Å². The van der Waals surface area contributed by atoms with Crippen LogP contribution in [0.5, 0.6) is 0 Å². The highest BCUT2D eigenvalue weighted by Gasteiger charge is 2.21. The Morgan fingerprint density at radius 2 is 2.00 bits per heavy atom. The lowest BCUT2D eigenvalue weighted by atomic mass is 10.2. The number of hydrogen-bond acceptors (Lipinski definition) is 3. The van der Waals surface area contributed by atoms with E-state index in [1.165, 1.54) is 5.69 Å². The van der Waals surface area contributed by atoms with E-state index in [2.05, 4.69) is 15.9 Å². The molecule has 0 amide bonds. The molecule has 0 aliphatic carbocycles. The molecule has 0 aromatic heterocycles. The van der Waals surface area contributed by atoms with Crippen LogP contribution in [-0.4, -0.2) is 42.4 Å². The molecule has 94 valence electrons. The minimum absolute atomic E-state index is 0.295. The molecule has 1 aromatic carbocycles. The Morgan fingerprint density at radius 3 is 2.59 bits per heavy atom. The topological polar surface area (TPSA) is 26.7 Å². The Balaban J connectivity index is 1.95. The molecule has 3 nitrogen and oxygen atoms in total. The number of anilines is 1. The summed E-state index contributed by atoms with van der Waals surface area (Å²) in [6.07, 6.45) is 0.494. The number of rotatable bonds is 3. The van der Waals surface area contributed by atoms with Crippen molar-refractivity contribution in [3.63, 3.8) is 0 Å². The first kappa shape index (κ1) is 12.7. The highest BCUT2D eigenvalue weighted by molar-refractivity contribution is 6.30. The normalized spacial score (nSPS) is 19.4. The van der Waals surface area contributed by atoms with Crippen LogP contribution in [0.3, 0.4) is 0 Å². The van der Waals surface area contributed by atoms with Crippen molar-refractivity contribution < 1.29 is 5.11 Å². The minimum atomic E-state index is -0.295. The number of hydrogen-bond donors (Lipinski definition) is 1. The molecule has 17 heavy (non-hydrogen) atoms. The van der Waals surface area contributed by atoms with Gasteiger partial charge in [-0.15, -0.1) is 0 Å².